The summed E-state index contributed by atoms with van der Waals surface area (Å²) in [5, 5.41) is 5.81. The van der Waals surface area contributed by atoms with Crippen LogP contribution in [0.25, 0.3) is 0 Å². The molecule has 5 nitrogen and oxygen atoms in total. The van der Waals surface area contributed by atoms with Crippen molar-refractivity contribution in [3.63, 3.8) is 0 Å². The number of aryl methyl sites for hydroxylation is 2. The Balaban J connectivity index is 1.89. The first-order valence-corrected chi connectivity index (χ1v) is 8.46. The minimum Gasteiger partial charge on any atom is -0.493 e. The molecule has 0 aliphatic heterocycles. The van der Waals surface area contributed by atoms with Crippen molar-refractivity contribution in [2.45, 2.75) is 27.2 Å². The lowest BCUT2D eigenvalue weighted by Gasteiger charge is -2.13. The molecule has 25 heavy (non-hydrogen) atoms. The quantitative estimate of drug-likeness (QED) is 0.797. The molecule has 0 aromatic heterocycles. The van der Waals surface area contributed by atoms with Gasteiger partial charge in [-0.3, -0.25) is 0 Å². The second kappa shape index (κ2) is 8.97. The van der Waals surface area contributed by atoms with Gasteiger partial charge in [-0.1, -0.05) is 24.3 Å². The summed E-state index contributed by atoms with van der Waals surface area (Å²) < 4.78 is 10.9. The Morgan fingerprint density at radius 1 is 1.08 bits per heavy atom. The number of methoxy groups -OCH3 is 1. The van der Waals surface area contributed by atoms with Crippen molar-refractivity contribution in [1.29, 1.82) is 0 Å². The van der Waals surface area contributed by atoms with Gasteiger partial charge in [-0.15, -0.1) is 0 Å². The fourth-order valence-corrected chi connectivity index (χ4v) is 2.63. The van der Waals surface area contributed by atoms with Crippen LogP contribution in [0.15, 0.2) is 36.4 Å². The van der Waals surface area contributed by atoms with E-state index in [1.165, 1.54) is 0 Å². The average Bonchev–Trinajstić information content (AvgIpc) is 2.59. The number of anilines is 1. The molecule has 0 saturated carbocycles. The third-order valence-electron chi connectivity index (χ3n) is 3.95. The minimum absolute atomic E-state index is 0.199. The highest BCUT2D eigenvalue weighted by molar-refractivity contribution is 5.90. The van der Waals surface area contributed by atoms with Crippen molar-refractivity contribution in [2.75, 3.05) is 25.6 Å². The zero-order valence-electron chi connectivity index (χ0n) is 15.3. The summed E-state index contributed by atoms with van der Waals surface area (Å²) in [6.07, 6.45) is 0.711. The molecule has 5 heteroatoms. The summed E-state index contributed by atoms with van der Waals surface area (Å²) in [5.74, 6) is 1.44. The Morgan fingerprint density at radius 3 is 2.44 bits per heavy atom. The van der Waals surface area contributed by atoms with E-state index in [9.17, 15) is 4.79 Å². The van der Waals surface area contributed by atoms with E-state index < -0.39 is 0 Å². The van der Waals surface area contributed by atoms with E-state index in [0.717, 1.165) is 28.1 Å². The summed E-state index contributed by atoms with van der Waals surface area (Å²) in [6.45, 7) is 7.03. The summed E-state index contributed by atoms with van der Waals surface area (Å²) in [7, 11) is 1.62. The molecule has 2 aromatic carbocycles. The highest BCUT2D eigenvalue weighted by atomic mass is 16.5. The van der Waals surface area contributed by atoms with Gasteiger partial charge in [0.05, 0.1) is 13.7 Å². The van der Waals surface area contributed by atoms with Crippen LogP contribution in [-0.2, 0) is 6.42 Å². The lowest BCUT2D eigenvalue weighted by molar-refractivity contribution is 0.252. The van der Waals surface area contributed by atoms with Gasteiger partial charge in [0, 0.05) is 12.2 Å². The second-order valence-corrected chi connectivity index (χ2v) is 5.82. The first kappa shape index (κ1) is 18.6. The number of ether oxygens (including phenoxy) is 2. The van der Waals surface area contributed by atoms with Gasteiger partial charge in [0.15, 0.2) is 11.5 Å². The maximum atomic E-state index is 12.1. The topological polar surface area (TPSA) is 59.6 Å². The van der Waals surface area contributed by atoms with E-state index in [-0.39, 0.29) is 6.03 Å². The van der Waals surface area contributed by atoms with E-state index in [1.54, 1.807) is 7.11 Å². The molecule has 134 valence electrons. The van der Waals surface area contributed by atoms with Gasteiger partial charge in [0.2, 0.25) is 0 Å². The van der Waals surface area contributed by atoms with Crippen molar-refractivity contribution in [1.82, 2.24) is 5.32 Å². The number of hydrogen-bond acceptors (Lipinski definition) is 3. The van der Waals surface area contributed by atoms with Crippen LogP contribution >= 0.6 is 0 Å². The zero-order chi connectivity index (χ0) is 18.2. The second-order valence-electron chi connectivity index (χ2n) is 5.82. The third kappa shape index (κ3) is 5.14. The Kier molecular flexibility index (Phi) is 6.69. The number of benzene rings is 2. The van der Waals surface area contributed by atoms with Crippen molar-refractivity contribution >= 4 is 11.7 Å². The van der Waals surface area contributed by atoms with E-state index in [4.69, 9.17) is 9.47 Å². The first-order chi connectivity index (χ1) is 12.0. The molecule has 0 bridgehead atoms. The molecule has 0 atom stereocenters. The SMILES string of the molecule is CCOc1ccc(CCNC(=O)Nc2c(C)cccc2C)cc1OC. The number of carbonyl (C=O) groups is 1. The van der Waals surface area contributed by atoms with Gasteiger partial charge >= 0.3 is 6.03 Å². The summed E-state index contributed by atoms with van der Waals surface area (Å²) in [5.41, 5.74) is 4.04. The summed E-state index contributed by atoms with van der Waals surface area (Å²) in [6, 6.07) is 11.6. The van der Waals surface area contributed by atoms with E-state index in [2.05, 4.69) is 10.6 Å². The third-order valence-corrected chi connectivity index (χ3v) is 3.95. The molecule has 0 radical (unpaired) electrons. The molecule has 0 saturated heterocycles. The van der Waals surface area contributed by atoms with Gasteiger partial charge in [-0.2, -0.15) is 0 Å². The fourth-order valence-electron chi connectivity index (χ4n) is 2.63. The average molecular weight is 342 g/mol. The van der Waals surface area contributed by atoms with Crippen LogP contribution in [-0.4, -0.2) is 26.3 Å². The molecule has 0 spiro atoms. The normalized spacial score (nSPS) is 10.2. The van der Waals surface area contributed by atoms with E-state index in [1.807, 2.05) is 57.2 Å². The van der Waals surface area contributed by atoms with Crippen molar-refractivity contribution in [2.24, 2.45) is 0 Å². The van der Waals surface area contributed by atoms with Crippen LogP contribution < -0.4 is 20.1 Å². The number of amides is 2. The molecule has 2 aromatic rings. The Morgan fingerprint density at radius 2 is 1.80 bits per heavy atom. The Labute approximate surface area is 149 Å². The van der Waals surface area contributed by atoms with E-state index >= 15 is 0 Å². The van der Waals surface area contributed by atoms with Crippen molar-refractivity contribution in [3.8, 4) is 11.5 Å². The summed E-state index contributed by atoms with van der Waals surface area (Å²) >= 11 is 0. The van der Waals surface area contributed by atoms with Crippen LogP contribution in [0.1, 0.15) is 23.6 Å². The Bertz CT molecular complexity index is 709. The van der Waals surface area contributed by atoms with Crippen molar-refractivity contribution < 1.29 is 14.3 Å². The van der Waals surface area contributed by atoms with Gasteiger partial charge in [-0.05, 0) is 56.0 Å². The molecule has 0 heterocycles. The smallest absolute Gasteiger partial charge is 0.319 e. The fraction of sp³-hybridized carbons (Fsp3) is 0.350. The molecule has 0 aliphatic rings. The maximum absolute atomic E-state index is 12.1. The monoisotopic (exact) mass is 342 g/mol. The zero-order valence-corrected chi connectivity index (χ0v) is 15.3. The molecule has 2 amide bonds. The molecule has 0 aliphatic carbocycles. The van der Waals surface area contributed by atoms with Crippen LogP contribution in [0.5, 0.6) is 11.5 Å². The first-order valence-electron chi connectivity index (χ1n) is 8.46. The standard InChI is InChI=1S/C20H26N2O3/c1-5-25-17-10-9-16(13-18(17)24-4)11-12-21-20(23)22-19-14(2)7-6-8-15(19)3/h6-10,13H,5,11-12H2,1-4H3,(H2,21,22,23). The number of nitrogens with one attached hydrogen (secondary N) is 2. The maximum Gasteiger partial charge on any atom is 0.319 e. The lowest BCUT2D eigenvalue weighted by Crippen LogP contribution is -2.31. The highest BCUT2D eigenvalue weighted by Gasteiger charge is 2.08. The molecule has 0 unspecified atom stereocenters. The van der Waals surface area contributed by atoms with Crippen molar-refractivity contribution in [3.05, 3.63) is 53.1 Å². The largest absolute Gasteiger partial charge is 0.493 e. The minimum atomic E-state index is -0.199. The predicted octanol–water partition coefficient (Wildman–Crippen LogP) is 4.07. The van der Waals surface area contributed by atoms with Gasteiger partial charge in [-0.25, -0.2) is 4.79 Å². The number of hydrogen-bond donors (Lipinski definition) is 2. The summed E-state index contributed by atoms with van der Waals surface area (Å²) in [4.78, 5) is 12.1. The molecule has 2 rings (SSSR count). The number of carbonyl (C=O) groups excluding carboxylic acids is 1. The molecule has 2 N–H and O–H groups in total. The van der Waals surface area contributed by atoms with Crippen LogP contribution in [0.4, 0.5) is 10.5 Å². The van der Waals surface area contributed by atoms with E-state index in [0.29, 0.717) is 25.3 Å². The molecular formula is C20H26N2O3. The Hall–Kier alpha value is -2.69. The van der Waals surface area contributed by atoms with Crippen LogP contribution in [0.3, 0.4) is 0 Å². The van der Waals surface area contributed by atoms with Gasteiger partial charge < -0.3 is 20.1 Å². The van der Waals surface area contributed by atoms with Gasteiger partial charge in [0.25, 0.3) is 0 Å². The number of urea groups is 1. The molecule has 0 fully saturated rings. The van der Waals surface area contributed by atoms with Crippen LogP contribution in [0.2, 0.25) is 0 Å². The molecular weight excluding hydrogens is 316 g/mol. The number of rotatable bonds is 7. The van der Waals surface area contributed by atoms with Crippen LogP contribution in [0, 0.1) is 13.8 Å². The van der Waals surface area contributed by atoms with Gasteiger partial charge in [0.1, 0.15) is 0 Å². The predicted molar refractivity (Wildman–Crippen MR) is 101 cm³/mol. The number of para-hydroxylation sites is 1. The lowest BCUT2D eigenvalue weighted by atomic mass is 10.1. The highest BCUT2D eigenvalue weighted by Crippen LogP contribution is 2.28.